The SMILES string of the molecule is C/C(=N\Nc1nc2c(c(=O)[nH]c(=O)n2C)n1CC(C)O)c1ccc([N+](=O)[O-])cc1. The second-order valence-electron chi connectivity index (χ2n) is 6.50. The number of rotatable bonds is 6. The molecule has 0 radical (unpaired) electrons. The summed E-state index contributed by atoms with van der Waals surface area (Å²) in [6.07, 6.45) is -0.788. The van der Waals surface area contributed by atoms with E-state index in [1.807, 2.05) is 0 Å². The second kappa shape index (κ2) is 7.67. The molecule has 1 aromatic carbocycles. The molecule has 0 amide bonds. The summed E-state index contributed by atoms with van der Waals surface area (Å²) in [7, 11) is 1.47. The number of imidazole rings is 1. The van der Waals surface area contributed by atoms with Crippen LogP contribution < -0.4 is 16.7 Å². The fourth-order valence-corrected chi connectivity index (χ4v) is 2.78. The fraction of sp³-hybridized carbons (Fsp3) is 0.294. The minimum absolute atomic E-state index is 0.0339. The highest BCUT2D eigenvalue weighted by Crippen LogP contribution is 2.17. The Morgan fingerprint density at radius 2 is 2.03 bits per heavy atom. The van der Waals surface area contributed by atoms with E-state index in [4.69, 9.17) is 0 Å². The number of non-ortho nitro benzene ring substituents is 1. The van der Waals surface area contributed by atoms with Gasteiger partial charge < -0.3 is 9.67 Å². The number of benzene rings is 1. The molecule has 0 saturated heterocycles. The van der Waals surface area contributed by atoms with Crippen LogP contribution in [0.4, 0.5) is 11.6 Å². The first kappa shape index (κ1) is 19.9. The van der Waals surface area contributed by atoms with Crippen LogP contribution in [-0.2, 0) is 13.6 Å². The Hall–Kier alpha value is -3.80. The topological polar surface area (TPSA) is 160 Å². The van der Waals surface area contributed by atoms with E-state index in [-0.39, 0.29) is 29.3 Å². The molecule has 0 aliphatic rings. The first-order valence-corrected chi connectivity index (χ1v) is 8.61. The van der Waals surface area contributed by atoms with E-state index in [1.165, 1.54) is 28.3 Å². The van der Waals surface area contributed by atoms with Crippen molar-refractivity contribution in [3.8, 4) is 0 Å². The zero-order valence-corrected chi connectivity index (χ0v) is 15.9. The Bertz CT molecular complexity index is 1220. The van der Waals surface area contributed by atoms with Crippen LogP contribution in [0.25, 0.3) is 11.2 Å². The number of nitrogens with zero attached hydrogens (tertiary/aromatic N) is 5. The molecule has 3 rings (SSSR count). The van der Waals surface area contributed by atoms with Crippen LogP contribution in [0, 0.1) is 10.1 Å². The number of aromatic amines is 1. The van der Waals surface area contributed by atoms with E-state index < -0.39 is 22.3 Å². The van der Waals surface area contributed by atoms with Crippen LogP contribution in [0.15, 0.2) is 39.0 Å². The number of hydrazone groups is 1. The first-order valence-electron chi connectivity index (χ1n) is 8.61. The molecule has 1 unspecified atom stereocenters. The van der Waals surface area contributed by atoms with Gasteiger partial charge in [-0.25, -0.2) is 10.2 Å². The predicted octanol–water partition coefficient (Wildman–Crippen LogP) is 0.548. The molecule has 29 heavy (non-hydrogen) atoms. The Labute approximate surface area is 163 Å². The van der Waals surface area contributed by atoms with Crippen molar-refractivity contribution in [3.63, 3.8) is 0 Å². The van der Waals surface area contributed by atoms with Gasteiger partial charge in [0.2, 0.25) is 5.95 Å². The number of nitro benzene ring substituents is 1. The van der Waals surface area contributed by atoms with Crippen LogP contribution in [-0.4, -0.2) is 40.9 Å². The standard InChI is InChI=1S/C17H19N7O5/c1-9(25)8-23-13-14(22(3)17(27)19-15(13)26)18-16(23)21-20-10(2)11-4-6-12(7-5-11)24(28)29/h4-7,9,25H,8H2,1-3H3,(H,18,21)(H,19,26,27)/b20-10+. The third-order valence-corrected chi connectivity index (χ3v) is 4.27. The van der Waals surface area contributed by atoms with Crippen LogP contribution in [0.3, 0.4) is 0 Å². The number of aromatic nitrogens is 4. The van der Waals surface area contributed by atoms with Crippen molar-refractivity contribution in [2.24, 2.45) is 12.1 Å². The summed E-state index contributed by atoms with van der Waals surface area (Å²) >= 11 is 0. The first-order chi connectivity index (χ1) is 13.7. The normalized spacial score (nSPS) is 12.9. The number of H-pyrrole nitrogens is 1. The van der Waals surface area contributed by atoms with Gasteiger partial charge in [0.25, 0.3) is 11.2 Å². The number of hydrogen-bond donors (Lipinski definition) is 3. The number of hydrogen-bond acceptors (Lipinski definition) is 8. The number of nitro groups is 1. The molecule has 0 saturated carbocycles. The average molecular weight is 401 g/mol. The summed E-state index contributed by atoms with van der Waals surface area (Å²) in [6, 6.07) is 5.86. The molecule has 2 aromatic heterocycles. The van der Waals surface area contributed by atoms with Gasteiger partial charge in [0.1, 0.15) is 0 Å². The molecule has 0 fully saturated rings. The van der Waals surface area contributed by atoms with Crippen LogP contribution in [0.2, 0.25) is 0 Å². The van der Waals surface area contributed by atoms with E-state index in [2.05, 4.69) is 20.5 Å². The zero-order chi connectivity index (χ0) is 21.3. The molecule has 2 heterocycles. The van der Waals surface area contributed by atoms with Gasteiger partial charge in [-0.3, -0.25) is 24.5 Å². The third kappa shape index (κ3) is 3.91. The Balaban J connectivity index is 2.02. The van der Waals surface area contributed by atoms with Crippen molar-refractivity contribution in [1.82, 2.24) is 19.1 Å². The van der Waals surface area contributed by atoms with Crippen molar-refractivity contribution in [2.45, 2.75) is 26.5 Å². The van der Waals surface area contributed by atoms with Gasteiger partial charge in [0.15, 0.2) is 11.2 Å². The summed E-state index contributed by atoms with van der Waals surface area (Å²) in [6.45, 7) is 3.29. The number of nitrogens with one attached hydrogen (secondary N) is 2. The van der Waals surface area contributed by atoms with E-state index in [1.54, 1.807) is 26.0 Å². The summed E-state index contributed by atoms with van der Waals surface area (Å²) in [5.41, 5.74) is 2.90. The molecule has 0 aliphatic heterocycles. The highest BCUT2D eigenvalue weighted by molar-refractivity contribution is 5.99. The maximum Gasteiger partial charge on any atom is 0.329 e. The van der Waals surface area contributed by atoms with Crippen LogP contribution in [0.1, 0.15) is 19.4 Å². The van der Waals surface area contributed by atoms with E-state index in [9.17, 15) is 24.8 Å². The number of aliphatic hydroxyl groups is 1. The average Bonchev–Trinajstić information content (AvgIpc) is 3.02. The van der Waals surface area contributed by atoms with Crippen molar-refractivity contribution in [2.75, 3.05) is 5.43 Å². The minimum Gasteiger partial charge on any atom is -0.392 e. The zero-order valence-electron chi connectivity index (χ0n) is 15.9. The van der Waals surface area contributed by atoms with Gasteiger partial charge in [-0.2, -0.15) is 10.1 Å². The van der Waals surface area contributed by atoms with Crippen LogP contribution >= 0.6 is 0 Å². The fourth-order valence-electron chi connectivity index (χ4n) is 2.78. The maximum atomic E-state index is 12.3. The molecular formula is C17H19N7O5. The lowest BCUT2D eigenvalue weighted by atomic mass is 10.1. The summed E-state index contributed by atoms with van der Waals surface area (Å²) in [5.74, 6) is 0.161. The number of anilines is 1. The van der Waals surface area contributed by atoms with E-state index >= 15 is 0 Å². The van der Waals surface area contributed by atoms with Crippen LogP contribution in [0.5, 0.6) is 0 Å². The summed E-state index contributed by atoms with van der Waals surface area (Å²) in [5, 5.41) is 24.8. The molecule has 3 aromatic rings. The molecule has 0 aliphatic carbocycles. The van der Waals surface area contributed by atoms with Gasteiger partial charge in [0.05, 0.1) is 23.3 Å². The van der Waals surface area contributed by atoms with Crippen molar-refractivity contribution in [1.29, 1.82) is 0 Å². The summed E-state index contributed by atoms with van der Waals surface area (Å²) < 4.78 is 2.62. The van der Waals surface area contributed by atoms with Gasteiger partial charge in [0, 0.05) is 19.2 Å². The lowest BCUT2D eigenvalue weighted by Crippen LogP contribution is -2.29. The highest BCUT2D eigenvalue weighted by Gasteiger charge is 2.18. The van der Waals surface area contributed by atoms with Gasteiger partial charge in [-0.05, 0) is 31.5 Å². The molecule has 0 spiro atoms. The Morgan fingerprint density at radius 3 is 2.62 bits per heavy atom. The monoisotopic (exact) mass is 401 g/mol. The Kier molecular flexibility index (Phi) is 5.28. The van der Waals surface area contributed by atoms with Crippen molar-refractivity contribution >= 4 is 28.5 Å². The molecule has 0 bridgehead atoms. The molecule has 12 heteroatoms. The molecule has 152 valence electrons. The lowest BCUT2D eigenvalue weighted by molar-refractivity contribution is -0.384. The number of fused-ring (bicyclic) bond motifs is 1. The van der Waals surface area contributed by atoms with E-state index in [0.29, 0.717) is 11.3 Å². The quantitative estimate of drug-likeness (QED) is 0.309. The smallest absolute Gasteiger partial charge is 0.329 e. The van der Waals surface area contributed by atoms with Gasteiger partial charge in [-0.15, -0.1) is 0 Å². The number of aliphatic hydroxyl groups excluding tert-OH is 1. The third-order valence-electron chi connectivity index (χ3n) is 4.27. The Morgan fingerprint density at radius 1 is 1.38 bits per heavy atom. The van der Waals surface area contributed by atoms with Gasteiger partial charge >= 0.3 is 5.69 Å². The predicted molar refractivity (Wildman–Crippen MR) is 106 cm³/mol. The van der Waals surface area contributed by atoms with Crippen molar-refractivity contribution < 1.29 is 10.0 Å². The molecular weight excluding hydrogens is 382 g/mol. The molecule has 1 atom stereocenters. The summed E-state index contributed by atoms with van der Waals surface area (Å²) in [4.78, 5) is 40.9. The van der Waals surface area contributed by atoms with Gasteiger partial charge in [-0.1, -0.05) is 0 Å². The van der Waals surface area contributed by atoms with Crippen molar-refractivity contribution in [3.05, 3.63) is 60.8 Å². The van der Waals surface area contributed by atoms with E-state index in [0.717, 1.165) is 0 Å². The molecule has 12 nitrogen and oxygen atoms in total. The number of aryl methyl sites for hydroxylation is 1. The highest BCUT2D eigenvalue weighted by atomic mass is 16.6. The lowest BCUT2D eigenvalue weighted by Gasteiger charge is -2.10. The molecule has 3 N–H and O–H groups in total. The maximum absolute atomic E-state index is 12.3. The minimum atomic E-state index is -0.788. The largest absolute Gasteiger partial charge is 0.392 e. The second-order valence-corrected chi connectivity index (χ2v) is 6.50.